The Morgan fingerprint density at radius 3 is 2.53 bits per heavy atom. The minimum atomic E-state index is -1.12. The van der Waals surface area contributed by atoms with E-state index in [1.807, 2.05) is 30.3 Å². The molecule has 3 N–H and O–H groups in total. The van der Waals surface area contributed by atoms with Gasteiger partial charge in [0.25, 0.3) is 0 Å². The molecule has 1 aliphatic carbocycles. The predicted molar refractivity (Wildman–Crippen MR) is 109 cm³/mol. The number of carbonyl (C=O) groups is 3. The fraction of sp³-hybridized carbons (Fsp3) is 0.591. The third-order valence-electron chi connectivity index (χ3n) is 6.14. The van der Waals surface area contributed by atoms with E-state index >= 15 is 0 Å². The summed E-state index contributed by atoms with van der Waals surface area (Å²) >= 11 is 0. The van der Waals surface area contributed by atoms with Crippen molar-refractivity contribution in [3.63, 3.8) is 0 Å². The smallest absolute Gasteiger partial charge is 0.326 e. The molecule has 164 valence electrons. The maximum absolute atomic E-state index is 13.1. The van der Waals surface area contributed by atoms with Gasteiger partial charge in [-0.15, -0.1) is 0 Å². The molecule has 30 heavy (non-hydrogen) atoms. The first kappa shape index (κ1) is 22.2. The van der Waals surface area contributed by atoms with Gasteiger partial charge in [0.05, 0.1) is 19.3 Å². The van der Waals surface area contributed by atoms with Crippen LogP contribution in [-0.2, 0) is 25.7 Å². The number of ether oxygens (including phenoxy) is 1. The van der Waals surface area contributed by atoms with Gasteiger partial charge in [-0.05, 0) is 37.7 Å². The van der Waals surface area contributed by atoms with Crippen molar-refractivity contribution in [3.05, 3.63) is 35.9 Å². The number of hydrogen-bond donors (Lipinski definition) is 3. The average molecular weight is 418 g/mol. The lowest BCUT2D eigenvalue weighted by atomic mass is 9.84. The van der Waals surface area contributed by atoms with Gasteiger partial charge < -0.3 is 19.8 Å². The number of benzene rings is 1. The Kier molecular flexibility index (Phi) is 7.44. The van der Waals surface area contributed by atoms with Crippen LogP contribution in [0.3, 0.4) is 0 Å². The van der Waals surface area contributed by atoms with Crippen LogP contribution in [0, 0.1) is 5.92 Å². The molecule has 0 radical (unpaired) electrons. The van der Waals surface area contributed by atoms with Crippen molar-refractivity contribution in [2.24, 2.45) is 5.92 Å². The molecule has 3 rings (SSSR count). The van der Waals surface area contributed by atoms with E-state index in [-0.39, 0.29) is 31.1 Å². The minimum Gasteiger partial charge on any atom is -0.480 e. The average Bonchev–Trinajstić information content (AvgIpc) is 3.13. The molecular weight excluding hydrogens is 388 g/mol. The van der Waals surface area contributed by atoms with E-state index in [1.165, 1.54) is 4.90 Å². The zero-order valence-corrected chi connectivity index (χ0v) is 17.2. The molecule has 0 spiro atoms. The highest BCUT2D eigenvalue weighted by atomic mass is 16.5. The molecule has 1 aromatic carbocycles. The fourth-order valence-electron chi connectivity index (χ4n) is 4.65. The first-order valence-electron chi connectivity index (χ1n) is 10.5. The Morgan fingerprint density at radius 1 is 1.17 bits per heavy atom. The van der Waals surface area contributed by atoms with Gasteiger partial charge in [0.15, 0.2) is 0 Å². The van der Waals surface area contributed by atoms with Crippen LogP contribution < -0.4 is 5.32 Å². The van der Waals surface area contributed by atoms with E-state index < -0.39 is 30.1 Å². The molecule has 1 saturated carbocycles. The molecule has 1 saturated heterocycles. The summed E-state index contributed by atoms with van der Waals surface area (Å²) < 4.78 is 5.53. The highest BCUT2D eigenvalue weighted by Crippen LogP contribution is 2.40. The number of carboxylic acid groups (broad SMARTS) is 2. The van der Waals surface area contributed by atoms with Gasteiger partial charge in [0.2, 0.25) is 5.91 Å². The zero-order chi connectivity index (χ0) is 21.7. The van der Waals surface area contributed by atoms with E-state index in [1.54, 1.807) is 6.92 Å². The van der Waals surface area contributed by atoms with E-state index in [9.17, 15) is 24.6 Å². The van der Waals surface area contributed by atoms with Crippen LogP contribution in [0.1, 0.15) is 44.6 Å². The lowest BCUT2D eigenvalue weighted by Gasteiger charge is -2.35. The van der Waals surface area contributed by atoms with Gasteiger partial charge >= 0.3 is 11.9 Å². The molecule has 4 unspecified atom stereocenters. The summed E-state index contributed by atoms with van der Waals surface area (Å²) in [5.41, 5.74) is 0.926. The second kappa shape index (κ2) is 10.0. The topological polar surface area (TPSA) is 116 Å². The maximum atomic E-state index is 13.1. The van der Waals surface area contributed by atoms with Crippen LogP contribution in [0.2, 0.25) is 0 Å². The van der Waals surface area contributed by atoms with Crippen molar-refractivity contribution in [1.82, 2.24) is 10.2 Å². The Hall–Kier alpha value is -2.45. The molecule has 8 nitrogen and oxygen atoms in total. The maximum Gasteiger partial charge on any atom is 0.326 e. The van der Waals surface area contributed by atoms with Crippen molar-refractivity contribution in [2.75, 3.05) is 6.61 Å². The molecule has 2 fully saturated rings. The SMILES string of the molecule is C[C@H](NC(COCc1ccccc1)C(=O)O)C(=O)N1C(C(=O)O)CC2CCCCC21. The van der Waals surface area contributed by atoms with Gasteiger partial charge in [-0.25, -0.2) is 4.79 Å². The van der Waals surface area contributed by atoms with Crippen molar-refractivity contribution in [2.45, 2.75) is 69.8 Å². The zero-order valence-electron chi connectivity index (χ0n) is 17.2. The number of carboxylic acids is 2. The summed E-state index contributed by atoms with van der Waals surface area (Å²) in [6, 6.07) is 6.60. The highest BCUT2D eigenvalue weighted by molar-refractivity contribution is 5.88. The number of nitrogens with one attached hydrogen (secondary N) is 1. The van der Waals surface area contributed by atoms with E-state index in [0.717, 1.165) is 31.2 Å². The summed E-state index contributed by atoms with van der Waals surface area (Å²) in [4.78, 5) is 38.0. The molecule has 1 heterocycles. The minimum absolute atomic E-state index is 0.0748. The first-order chi connectivity index (χ1) is 14.4. The van der Waals surface area contributed by atoms with Gasteiger partial charge in [-0.2, -0.15) is 0 Å². The third-order valence-corrected chi connectivity index (χ3v) is 6.14. The second-order valence-electron chi connectivity index (χ2n) is 8.23. The first-order valence-corrected chi connectivity index (χ1v) is 10.5. The number of likely N-dealkylation sites (tertiary alicyclic amines) is 1. The van der Waals surface area contributed by atoms with Crippen LogP contribution in [-0.4, -0.2) is 63.7 Å². The molecule has 5 atom stereocenters. The van der Waals surface area contributed by atoms with Crippen molar-refractivity contribution in [1.29, 1.82) is 0 Å². The number of aliphatic carboxylic acids is 2. The second-order valence-corrected chi connectivity index (χ2v) is 8.23. The Morgan fingerprint density at radius 2 is 1.87 bits per heavy atom. The molecule has 2 aliphatic rings. The summed E-state index contributed by atoms with van der Waals surface area (Å²) in [5, 5.41) is 22.0. The number of fused-ring (bicyclic) bond motifs is 1. The van der Waals surface area contributed by atoms with Crippen molar-refractivity contribution < 1.29 is 29.3 Å². The number of amides is 1. The highest BCUT2D eigenvalue weighted by Gasteiger charge is 2.48. The number of rotatable bonds is 9. The Bertz CT molecular complexity index is 755. The monoisotopic (exact) mass is 418 g/mol. The summed E-state index contributed by atoms with van der Waals surface area (Å²) in [6.07, 6.45) is 4.24. The van der Waals surface area contributed by atoms with Crippen LogP contribution >= 0.6 is 0 Å². The van der Waals surface area contributed by atoms with Crippen LogP contribution in [0.15, 0.2) is 30.3 Å². The number of carbonyl (C=O) groups excluding carboxylic acids is 1. The molecule has 0 bridgehead atoms. The third kappa shape index (κ3) is 5.17. The summed E-state index contributed by atoms with van der Waals surface area (Å²) in [6.45, 7) is 1.76. The standard InChI is InChI=1S/C22H30N2O6/c1-14(23-17(21(26)27)13-30-12-15-7-3-2-4-8-15)20(25)24-18-10-6-5-9-16(18)11-19(24)22(28)29/h2-4,7-8,14,16-19,23H,5-6,9-13H2,1H3,(H,26,27)(H,28,29)/t14-,16?,17?,18?,19?/m0/s1. The lowest BCUT2D eigenvalue weighted by molar-refractivity contribution is -0.151. The Balaban J connectivity index is 1.61. The fourth-order valence-corrected chi connectivity index (χ4v) is 4.65. The molecule has 1 aromatic rings. The number of hydrogen-bond acceptors (Lipinski definition) is 5. The Labute approximate surface area is 176 Å². The lowest BCUT2D eigenvalue weighted by Crippen LogP contribution is -2.56. The van der Waals surface area contributed by atoms with E-state index in [4.69, 9.17) is 4.74 Å². The molecule has 8 heteroatoms. The van der Waals surface area contributed by atoms with Crippen molar-refractivity contribution >= 4 is 17.8 Å². The van der Waals surface area contributed by atoms with Crippen molar-refractivity contribution in [3.8, 4) is 0 Å². The number of nitrogens with zero attached hydrogens (tertiary/aromatic N) is 1. The normalized spacial score (nSPS) is 25.4. The van der Waals surface area contributed by atoms with E-state index in [2.05, 4.69) is 5.32 Å². The summed E-state index contributed by atoms with van der Waals surface area (Å²) in [5.74, 6) is -2.26. The summed E-state index contributed by atoms with van der Waals surface area (Å²) in [7, 11) is 0. The molecule has 1 aliphatic heterocycles. The molecular formula is C22H30N2O6. The van der Waals surface area contributed by atoms with Gasteiger partial charge in [-0.1, -0.05) is 43.2 Å². The van der Waals surface area contributed by atoms with Crippen LogP contribution in [0.4, 0.5) is 0 Å². The van der Waals surface area contributed by atoms with Gasteiger partial charge in [-0.3, -0.25) is 14.9 Å². The van der Waals surface area contributed by atoms with E-state index in [0.29, 0.717) is 6.42 Å². The molecule has 0 aromatic heterocycles. The quantitative estimate of drug-likeness (QED) is 0.561. The molecule has 1 amide bonds. The van der Waals surface area contributed by atoms with Crippen LogP contribution in [0.25, 0.3) is 0 Å². The largest absolute Gasteiger partial charge is 0.480 e. The predicted octanol–water partition coefficient (Wildman–Crippen LogP) is 1.88. The van der Waals surface area contributed by atoms with Gasteiger partial charge in [0.1, 0.15) is 12.1 Å². The van der Waals surface area contributed by atoms with Gasteiger partial charge in [0, 0.05) is 6.04 Å². The van der Waals surface area contributed by atoms with Crippen LogP contribution in [0.5, 0.6) is 0 Å².